The molecule has 1 aromatic heterocycles. The van der Waals surface area contributed by atoms with Crippen molar-refractivity contribution in [1.29, 1.82) is 0 Å². The molecule has 1 saturated heterocycles. The average molecular weight is 1060 g/mol. The number of benzene rings is 3. The number of halogens is 8. The van der Waals surface area contributed by atoms with Crippen molar-refractivity contribution in [2.45, 2.75) is 104 Å². The number of nitrogens with zero attached hydrogens (tertiary/aromatic N) is 5. The first-order valence-corrected chi connectivity index (χ1v) is 27.2. The van der Waals surface area contributed by atoms with Crippen LogP contribution in [0.5, 0.6) is 0 Å². The summed E-state index contributed by atoms with van der Waals surface area (Å²) in [5.41, 5.74) is -2.24. The van der Waals surface area contributed by atoms with E-state index in [4.69, 9.17) is 23.2 Å². The van der Waals surface area contributed by atoms with Crippen LogP contribution in [0.25, 0.3) is 5.57 Å². The fourth-order valence-electron chi connectivity index (χ4n) is 9.06. The Bertz CT molecular complexity index is 2750. The van der Waals surface area contributed by atoms with E-state index in [0.29, 0.717) is 40.5 Å². The number of likely N-dealkylation sites (tertiary alicyclic amines) is 1. The van der Waals surface area contributed by atoms with Gasteiger partial charge in [-0.1, -0.05) is 66.9 Å². The molecular weight excluding hydrogens is 1010 g/mol. The lowest BCUT2D eigenvalue weighted by molar-refractivity contribution is -0.145. The fraction of sp³-hybridized carbons (Fsp3) is 0.489. The first kappa shape index (κ1) is 53.2. The van der Waals surface area contributed by atoms with Crippen molar-refractivity contribution in [3.8, 4) is 0 Å². The van der Waals surface area contributed by atoms with Crippen molar-refractivity contribution >= 4 is 71.9 Å². The molecule has 1 unspecified atom stereocenters. The van der Waals surface area contributed by atoms with Gasteiger partial charge in [0.25, 0.3) is 19.9 Å². The summed E-state index contributed by atoms with van der Waals surface area (Å²) in [5.74, 6) is -2.06. The van der Waals surface area contributed by atoms with Gasteiger partial charge in [0.15, 0.2) is 0 Å². The number of aromatic nitrogens is 2. The number of nitrogens with one attached hydrogen (secondary N) is 2. The molecule has 0 spiro atoms. The second kappa shape index (κ2) is 21.2. The zero-order valence-electron chi connectivity index (χ0n) is 38.5. The predicted octanol–water partition coefficient (Wildman–Crippen LogP) is 10.9. The zero-order valence-corrected chi connectivity index (χ0v) is 42.5. The van der Waals surface area contributed by atoms with E-state index in [1.807, 2.05) is 21.9 Å². The highest BCUT2D eigenvalue weighted by atomic mass is 35.5. The quantitative estimate of drug-likeness (QED) is 0.0822. The van der Waals surface area contributed by atoms with Gasteiger partial charge in [0.1, 0.15) is 10.7 Å². The van der Waals surface area contributed by atoms with Crippen LogP contribution in [0.1, 0.15) is 75.0 Å². The third-order valence-corrected chi connectivity index (χ3v) is 17.7. The number of alkyl halides is 6. The summed E-state index contributed by atoms with van der Waals surface area (Å²) in [4.78, 5) is 12.1. The highest BCUT2D eigenvalue weighted by Crippen LogP contribution is 2.44. The van der Waals surface area contributed by atoms with Gasteiger partial charge >= 0.3 is 11.7 Å². The van der Waals surface area contributed by atoms with Gasteiger partial charge in [-0.25, -0.2) is 26.8 Å². The Morgan fingerprint density at radius 2 is 1.61 bits per heavy atom. The van der Waals surface area contributed by atoms with E-state index in [1.54, 1.807) is 38.4 Å². The van der Waals surface area contributed by atoms with Crippen molar-refractivity contribution in [2.75, 3.05) is 62.6 Å². The molecule has 11 nitrogen and oxygen atoms in total. The number of thioether (sulfide) groups is 1. The van der Waals surface area contributed by atoms with Crippen LogP contribution in [0.4, 0.5) is 37.8 Å². The lowest BCUT2D eigenvalue weighted by Gasteiger charge is -2.41. The molecule has 2 N–H and O–H groups in total. The van der Waals surface area contributed by atoms with Crippen molar-refractivity contribution in [1.82, 2.24) is 24.7 Å². The van der Waals surface area contributed by atoms with Gasteiger partial charge in [0.05, 0.1) is 21.3 Å². The molecule has 0 radical (unpaired) electrons. The predicted molar refractivity (Wildman–Crippen MR) is 260 cm³/mol. The van der Waals surface area contributed by atoms with E-state index in [0.717, 1.165) is 69.4 Å². The van der Waals surface area contributed by atoms with Crippen molar-refractivity contribution < 1.29 is 43.2 Å². The Balaban J connectivity index is 1.11. The zero-order chi connectivity index (χ0) is 50.1. The van der Waals surface area contributed by atoms with E-state index < -0.39 is 64.7 Å². The van der Waals surface area contributed by atoms with Crippen LogP contribution in [0.2, 0.25) is 10.0 Å². The summed E-state index contributed by atoms with van der Waals surface area (Å²) in [5, 5.41) is 4.00. The third kappa shape index (κ3) is 13.1. The van der Waals surface area contributed by atoms with Crippen LogP contribution in [0.15, 0.2) is 87.0 Å². The average Bonchev–Trinajstić information content (AvgIpc) is 3.27. The van der Waals surface area contributed by atoms with Gasteiger partial charge in [0, 0.05) is 53.0 Å². The van der Waals surface area contributed by atoms with Gasteiger partial charge in [0.2, 0.25) is 5.82 Å². The number of piperidine rings is 1. The van der Waals surface area contributed by atoms with E-state index in [1.165, 1.54) is 22.9 Å². The van der Waals surface area contributed by atoms with Crippen LogP contribution in [0.3, 0.4) is 0 Å². The van der Waals surface area contributed by atoms with Crippen LogP contribution in [0, 0.1) is 5.41 Å². The second-order valence-electron chi connectivity index (χ2n) is 18.9. The summed E-state index contributed by atoms with van der Waals surface area (Å²) in [7, 11) is -7.67. The van der Waals surface area contributed by atoms with Crippen molar-refractivity contribution in [3.05, 3.63) is 105 Å². The molecular formula is C47H55Cl2F6N7O4S3. The summed E-state index contributed by atoms with van der Waals surface area (Å²) < 4.78 is 142. The van der Waals surface area contributed by atoms with E-state index in [-0.39, 0.29) is 41.4 Å². The molecule has 4 aromatic rings. The summed E-state index contributed by atoms with van der Waals surface area (Å²) in [6, 6.07) is 16.4. The highest BCUT2D eigenvalue weighted by molar-refractivity contribution is 7.99. The monoisotopic (exact) mass is 1060 g/mol. The van der Waals surface area contributed by atoms with Crippen LogP contribution in [-0.4, -0.2) is 112 Å². The van der Waals surface area contributed by atoms with Crippen LogP contribution < -0.4 is 10.0 Å². The fourth-order valence-corrected chi connectivity index (χ4v) is 12.6. The standard InChI is InChI=1S/C47H55Cl2F6N7O4S3/c1-45(2)20-15-31(37(26-45)30-9-11-32(48)12-10-30)27-61-22-17-34(18-23-61)62-24-19-36-40(28-62)57-44(46(50,51)52)58-43(36)59-69(65,66)35-13-14-39(42(25-35)68(63,64)47(53,54)55)56-33(16-21-60(3)4)29-67-41-8-6-5-7-38(41)49/h5-14,25,33-34,56H,15-24,26-29H2,1-4H3,(H,57,58,59). The first-order valence-electron chi connectivity index (χ1n) is 22.5. The molecule has 22 heteroatoms. The molecule has 1 fully saturated rings. The number of sulfonamides is 1. The van der Waals surface area contributed by atoms with E-state index in [9.17, 15) is 43.2 Å². The smallest absolute Gasteiger partial charge is 0.380 e. The maximum Gasteiger partial charge on any atom is 0.501 e. The number of rotatable bonds is 16. The van der Waals surface area contributed by atoms with E-state index in [2.05, 4.69) is 50.9 Å². The molecule has 69 heavy (non-hydrogen) atoms. The molecule has 0 amide bonds. The molecule has 1 aliphatic carbocycles. The highest BCUT2D eigenvalue weighted by Gasteiger charge is 2.49. The maximum absolute atomic E-state index is 14.4. The Morgan fingerprint density at radius 1 is 0.913 bits per heavy atom. The Morgan fingerprint density at radius 3 is 2.26 bits per heavy atom. The number of anilines is 2. The van der Waals surface area contributed by atoms with Gasteiger partial charge in [-0.05, 0) is 138 Å². The lowest BCUT2D eigenvalue weighted by Crippen LogP contribution is -2.47. The number of fused-ring (bicyclic) bond motifs is 1. The SMILES string of the molecule is CN(C)CCC(CSc1ccccc1Cl)Nc1ccc(S(=O)(=O)Nc2nc(C(F)(F)F)nc3c2CCN(C2CCN(CC4=C(c5ccc(Cl)cc5)CC(C)(C)CC4)CC2)C3)cc1S(=O)(=O)C(F)(F)F. The molecule has 3 heterocycles. The molecule has 7 rings (SSSR count). The summed E-state index contributed by atoms with van der Waals surface area (Å²) in [6.07, 6.45) is -0.225. The minimum Gasteiger partial charge on any atom is -0.380 e. The Kier molecular flexibility index (Phi) is 16.4. The third-order valence-electron chi connectivity index (χ3n) is 12.9. The first-order chi connectivity index (χ1) is 32.3. The van der Waals surface area contributed by atoms with Gasteiger partial charge in [-0.15, -0.1) is 11.8 Å². The number of hydrogen-bond acceptors (Lipinski definition) is 11. The Hall–Kier alpha value is -3.63. The maximum atomic E-state index is 14.4. The van der Waals surface area contributed by atoms with E-state index >= 15 is 0 Å². The molecule has 376 valence electrons. The molecule has 0 saturated carbocycles. The number of hydrogen-bond donors (Lipinski definition) is 2. The van der Waals surface area contributed by atoms with Gasteiger partial charge < -0.3 is 10.2 Å². The van der Waals surface area contributed by atoms with Crippen molar-refractivity contribution in [2.24, 2.45) is 5.41 Å². The minimum atomic E-state index is -6.18. The molecule has 2 aliphatic heterocycles. The molecule has 1 atom stereocenters. The molecule has 3 aliphatic rings. The van der Waals surface area contributed by atoms with Crippen molar-refractivity contribution in [3.63, 3.8) is 0 Å². The van der Waals surface area contributed by atoms with Gasteiger partial charge in [-0.2, -0.15) is 26.3 Å². The molecule has 3 aromatic carbocycles. The van der Waals surface area contributed by atoms with Crippen LogP contribution >= 0.6 is 35.0 Å². The van der Waals surface area contributed by atoms with Crippen LogP contribution in [-0.2, 0) is 39.0 Å². The minimum absolute atomic E-state index is 0.00666. The molecule has 0 bridgehead atoms. The summed E-state index contributed by atoms with van der Waals surface area (Å²) in [6.45, 7) is 7.65. The lowest BCUT2D eigenvalue weighted by atomic mass is 9.72. The normalized spacial score (nSPS) is 18.3. The summed E-state index contributed by atoms with van der Waals surface area (Å²) >= 11 is 13.8. The Labute approximate surface area is 414 Å². The largest absolute Gasteiger partial charge is 0.501 e. The van der Waals surface area contributed by atoms with Gasteiger partial charge in [-0.3, -0.25) is 14.5 Å². The topological polar surface area (TPSA) is 128 Å². The number of allylic oxidation sites excluding steroid dienone is 1. The number of sulfone groups is 1. The second-order valence-corrected chi connectivity index (χ2v) is 24.4.